The molecule has 0 aliphatic heterocycles. The number of hydrogen-bond donors (Lipinski definition) is 0. The number of benzene rings is 6. The molecule has 0 saturated heterocycles. The first-order chi connectivity index (χ1) is 24.5. The summed E-state index contributed by atoms with van der Waals surface area (Å²) in [5.41, 5.74) is 17.3. The lowest BCUT2D eigenvalue weighted by molar-refractivity contribution is 0.486. The minimum atomic E-state index is -0.0199. The summed E-state index contributed by atoms with van der Waals surface area (Å²) in [5.74, 6) is 0.826. The number of fused-ring (bicyclic) bond motifs is 4. The van der Waals surface area contributed by atoms with Gasteiger partial charge in [-0.1, -0.05) is 159 Å². The van der Waals surface area contributed by atoms with Crippen LogP contribution in [0.15, 0.2) is 187 Å². The van der Waals surface area contributed by atoms with Gasteiger partial charge in [0, 0.05) is 28.4 Å². The van der Waals surface area contributed by atoms with Crippen LogP contribution in [0.25, 0.3) is 39.0 Å². The van der Waals surface area contributed by atoms with Crippen LogP contribution in [-0.2, 0) is 5.41 Å². The second-order valence-electron chi connectivity index (χ2n) is 14.5. The molecule has 1 nitrogen and oxygen atoms in total. The van der Waals surface area contributed by atoms with Crippen LogP contribution in [0.3, 0.4) is 0 Å². The quantitative estimate of drug-likeness (QED) is 0.175. The summed E-state index contributed by atoms with van der Waals surface area (Å²) in [6.07, 6.45) is 9.64. The maximum Gasteiger partial charge on any atom is 0.0458 e. The molecule has 3 aliphatic rings. The van der Waals surface area contributed by atoms with E-state index in [9.17, 15) is 0 Å². The molecule has 0 spiro atoms. The van der Waals surface area contributed by atoms with Crippen molar-refractivity contribution in [2.24, 2.45) is 11.8 Å². The third-order valence-corrected chi connectivity index (χ3v) is 11.2. The molecule has 0 fully saturated rings. The molecule has 6 aromatic rings. The van der Waals surface area contributed by atoms with Crippen LogP contribution < -0.4 is 4.90 Å². The Bertz CT molecular complexity index is 2170. The van der Waals surface area contributed by atoms with E-state index in [-0.39, 0.29) is 5.41 Å². The van der Waals surface area contributed by atoms with Crippen LogP contribution in [-0.4, -0.2) is 0 Å². The van der Waals surface area contributed by atoms with Crippen LogP contribution in [0.2, 0.25) is 0 Å². The van der Waals surface area contributed by atoms with Crippen molar-refractivity contribution in [3.8, 4) is 33.4 Å². The van der Waals surface area contributed by atoms with E-state index in [4.69, 9.17) is 0 Å². The average Bonchev–Trinajstić information content (AvgIpc) is 3.42. The Labute approximate surface area is 296 Å². The van der Waals surface area contributed by atoms with Crippen molar-refractivity contribution in [3.05, 3.63) is 198 Å². The molecule has 6 aromatic carbocycles. The van der Waals surface area contributed by atoms with E-state index in [1.54, 1.807) is 5.57 Å². The minimum absolute atomic E-state index is 0.0199. The molecule has 1 heteroatoms. The number of allylic oxidation sites excluding steroid dienone is 6. The lowest BCUT2D eigenvalue weighted by atomic mass is 9.71. The van der Waals surface area contributed by atoms with Crippen molar-refractivity contribution in [2.75, 3.05) is 4.90 Å². The fourth-order valence-electron chi connectivity index (χ4n) is 8.62. The topological polar surface area (TPSA) is 3.24 Å². The van der Waals surface area contributed by atoms with Gasteiger partial charge in [0.2, 0.25) is 0 Å². The second-order valence-corrected chi connectivity index (χ2v) is 14.5. The van der Waals surface area contributed by atoms with Crippen LogP contribution in [0, 0.1) is 11.8 Å². The molecule has 9 rings (SSSR count). The highest BCUT2D eigenvalue weighted by Gasteiger charge is 2.43. The highest BCUT2D eigenvalue weighted by atomic mass is 15.1. The van der Waals surface area contributed by atoms with Crippen molar-refractivity contribution in [3.63, 3.8) is 0 Å². The zero-order valence-electron chi connectivity index (χ0n) is 28.8. The molecule has 242 valence electrons. The first kappa shape index (κ1) is 30.4. The van der Waals surface area contributed by atoms with Crippen LogP contribution >= 0.6 is 0 Å². The fraction of sp³-hybridized carbons (Fsp3) is 0.143. The third-order valence-electron chi connectivity index (χ3n) is 11.2. The van der Waals surface area contributed by atoms with Crippen molar-refractivity contribution < 1.29 is 0 Å². The van der Waals surface area contributed by atoms with Gasteiger partial charge in [-0.3, -0.25) is 0 Å². The minimum Gasteiger partial charge on any atom is -0.315 e. The Morgan fingerprint density at radius 1 is 0.540 bits per heavy atom. The molecule has 0 N–H and O–H groups in total. The SMILES string of the molecule is CC1(C)C2=C(c3ccc(-c4ccccc4)cc31)C1CCC(N(c3ccc(-c4ccccc4)cc3)c3ccc(-c4ccccc4)cc3)=CC1C=C2. The molecule has 0 bridgehead atoms. The molecule has 0 saturated carbocycles. The molecular formula is C49H41N. The number of anilines is 2. The smallest absolute Gasteiger partial charge is 0.0458 e. The first-order valence-corrected chi connectivity index (χ1v) is 18.0. The largest absolute Gasteiger partial charge is 0.315 e. The average molecular weight is 644 g/mol. The van der Waals surface area contributed by atoms with Gasteiger partial charge in [0.1, 0.15) is 0 Å². The fourth-order valence-corrected chi connectivity index (χ4v) is 8.62. The van der Waals surface area contributed by atoms with Gasteiger partial charge in [0.05, 0.1) is 0 Å². The van der Waals surface area contributed by atoms with Crippen LogP contribution in [0.5, 0.6) is 0 Å². The zero-order chi connectivity index (χ0) is 33.7. The van der Waals surface area contributed by atoms with Crippen molar-refractivity contribution in [2.45, 2.75) is 32.1 Å². The molecule has 3 aliphatic carbocycles. The van der Waals surface area contributed by atoms with E-state index in [1.807, 2.05) is 0 Å². The summed E-state index contributed by atoms with van der Waals surface area (Å²) in [7, 11) is 0. The molecule has 50 heavy (non-hydrogen) atoms. The van der Waals surface area contributed by atoms with E-state index in [1.165, 1.54) is 67.2 Å². The maximum atomic E-state index is 2.56. The number of rotatable bonds is 6. The lowest BCUT2D eigenvalue weighted by Crippen LogP contribution is -2.27. The Hall–Kier alpha value is -5.66. The van der Waals surface area contributed by atoms with Crippen LogP contribution in [0.4, 0.5) is 11.4 Å². The Kier molecular flexibility index (Phi) is 7.50. The van der Waals surface area contributed by atoms with Gasteiger partial charge in [-0.05, 0) is 105 Å². The summed E-state index contributed by atoms with van der Waals surface area (Å²) >= 11 is 0. The Balaban J connectivity index is 1.08. The molecular weight excluding hydrogens is 603 g/mol. The summed E-state index contributed by atoms with van der Waals surface area (Å²) in [4.78, 5) is 2.50. The molecule has 0 amide bonds. The predicted octanol–water partition coefficient (Wildman–Crippen LogP) is 13.1. The van der Waals surface area contributed by atoms with Gasteiger partial charge < -0.3 is 4.90 Å². The molecule has 0 heterocycles. The van der Waals surface area contributed by atoms with Gasteiger partial charge in [-0.15, -0.1) is 0 Å². The van der Waals surface area contributed by atoms with Crippen molar-refractivity contribution in [1.82, 2.24) is 0 Å². The zero-order valence-corrected chi connectivity index (χ0v) is 28.8. The standard InChI is InChI=1S/C49H41N/c1-49(2)46-31-23-40-32-43(28-30-44(40)48(46)45-29-22-39(33-47(45)49)36-16-10-5-11-17-36)50(41-24-18-37(19-25-41)34-12-6-3-7-13-34)42-26-20-38(21-27-42)35-14-8-4-9-15-35/h3-27,29,31-33,40,44H,28,30H2,1-2H3. The molecule has 0 aromatic heterocycles. The van der Waals surface area contributed by atoms with E-state index < -0.39 is 0 Å². The normalized spacial score (nSPS) is 18.6. The van der Waals surface area contributed by atoms with E-state index in [0.717, 1.165) is 12.8 Å². The van der Waals surface area contributed by atoms with Crippen molar-refractivity contribution in [1.29, 1.82) is 0 Å². The molecule has 2 unspecified atom stereocenters. The number of nitrogens with zero attached hydrogens (tertiary/aromatic N) is 1. The van der Waals surface area contributed by atoms with Gasteiger partial charge >= 0.3 is 0 Å². The highest BCUT2D eigenvalue weighted by molar-refractivity contribution is 5.87. The first-order valence-electron chi connectivity index (χ1n) is 18.0. The second kappa shape index (κ2) is 12.3. The predicted molar refractivity (Wildman–Crippen MR) is 211 cm³/mol. The van der Waals surface area contributed by atoms with Gasteiger partial charge in [0.25, 0.3) is 0 Å². The Morgan fingerprint density at radius 3 is 1.56 bits per heavy atom. The maximum absolute atomic E-state index is 2.56. The van der Waals surface area contributed by atoms with E-state index >= 15 is 0 Å². The van der Waals surface area contributed by atoms with E-state index in [2.05, 4.69) is 195 Å². The number of hydrogen-bond acceptors (Lipinski definition) is 1. The lowest BCUT2D eigenvalue weighted by Gasteiger charge is -2.38. The van der Waals surface area contributed by atoms with Crippen LogP contribution in [0.1, 0.15) is 37.8 Å². The summed E-state index contributed by atoms with van der Waals surface area (Å²) in [6.45, 7) is 4.83. The van der Waals surface area contributed by atoms with Gasteiger partial charge in [-0.2, -0.15) is 0 Å². The molecule has 0 radical (unpaired) electrons. The summed E-state index contributed by atoms with van der Waals surface area (Å²) < 4.78 is 0. The van der Waals surface area contributed by atoms with Gasteiger partial charge in [0.15, 0.2) is 0 Å². The highest BCUT2D eigenvalue weighted by Crippen LogP contribution is 2.56. The monoisotopic (exact) mass is 643 g/mol. The third kappa shape index (κ3) is 5.26. The van der Waals surface area contributed by atoms with Gasteiger partial charge in [-0.25, -0.2) is 0 Å². The summed E-state index contributed by atoms with van der Waals surface area (Å²) in [6, 6.07) is 57.5. The van der Waals surface area contributed by atoms with Crippen molar-refractivity contribution >= 4 is 16.9 Å². The summed E-state index contributed by atoms with van der Waals surface area (Å²) in [5, 5.41) is 0. The molecule has 2 atom stereocenters. The van der Waals surface area contributed by atoms with E-state index in [0.29, 0.717) is 11.8 Å². The Morgan fingerprint density at radius 2 is 1.02 bits per heavy atom.